The molecule has 0 aliphatic heterocycles. The van der Waals surface area contributed by atoms with Crippen molar-refractivity contribution in [3.05, 3.63) is 65.7 Å². The zero-order valence-corrected chi connectivity index (χ0v) is 18.2. The summed E-state index contributed by atoms with van der Waals surface area (Å²) in [5.41, 5.74) is 2.18. The lowest BCUT2D eigenvalue weighted by molar-refractivity contribution is -0.140. The predicted molar refractivity (Wildman–Crippen MR) is 119 cm³/mol. The molecule has 6 heteroatoms. The van der Waals surface area contributed by atoms with Crippen molar-refractivity contribution in [1.82, 2.24) is 10.2 Å². The quantitative estimate of drug-likeness (QED) is 0.567. The molecule has 0 unspecified atom stereocenters. The van der Waals surface area contributed by atoms with Gasteiger partial charge in [0.05, 0.1) is 7.11 Å². The SMILES string of the molecule is CCNC(=O)[C@H](C)N(Cc1cccc(OC)c1)C(=O)CCSCc1ccccc1. The number of hydrogen-bond acceptors (Lipinski definition) is 4. The summed E-state index contributed by atoms with van der Waals surface area (Å²) in [6, 6.07) is 17.3. The maximum Gasteiger partial charge on any atom is 0.242 e. The number of ether oxygens (including phenoxy) is 1. The first-order chi connectivity index (χ1) is 14.0. The number of carbonyl (C=O) groups is 2. The second-order valence-electron chi connectivity index (χ2n) is 6.73. The molecule has 0 bridgehead atoms. The molecule has 1 atom stereocenters. The van der Waals surface area contributed by atoms with Gasteiger partial charge in [-0.15, -0.1) is 0 Å². The predicted octanol–water partition coefficient (Wildman–Crippen LogP) is 3.87. The monoisotopic (exact) mass is 414 g/mol. The minimum absolute atomic E-state index is 0.0212. The molecule has 0 spiro atoms. The summed E-state index contributed by atoms with van der Waals surface area (Å²) in [5, 5.41) is 2.82. The number of methoxy groups -OCH3 is 1. The van der Waals surface area contributed by atoms with Crippen molar-refractivity contribution < 1.29 is 14.3 Å². The standard InChI is InChI=1S/C23H30N2O3S/c1-4-24-23(27)18(2)25(16-20-11-8-12-21(15-20)28-3)22(26)13-14-29-17-19-9-6-5-7-10-19/h5-12,15,18H,4,13-14,16-17H2,1-3H3,(H,24,27)/t18-/m0/s1. The lowest BCUT2D eigenvalue weighted by Crippen LogP contribution is -2.47. The van der Waals surface area contributed by atoms with Gasteiger partial charge in [0.25, 0.3) is 0 Å². The minimum atomic E-state index is -0.534. The number of thioether (sulfide) groups is 1. The Morgan fingerprint density at radius 3 is 2.52 bits per heavy atom. The first kappa shape index (κ1) is 22.8. The van der Waals surface area contributed by atoms with Crippen LogP contribution in [0.3, 0.4) is 0 Å². The second kappa shape index (κ2) is 12.2. The van der Waals surface area contributed by atoms with Gasteiger partial charge in [0.1, 0.15) is 11.8 Å². The Kier molecular flexibility index (Phi) is 9.57. The van der Waals surface area contributed by atoms with E-state index in [9.17, 15) is 9.59 Å². The number of carbonyl (C=O) groups excluding carboxylic acids is 2. The fourth-order valence-corrected chi connectivity index (χ4v) is 3.83. The fraction of sp³-hybridized carbons (Fsp3) is 0.391. The Balaban J connectivity index is 2.00. The number of hydrogen-bond donors (Lipinski definition) is 1. The topological polar surface area (TPSA) is 58.6 Å². The summed E-state index contributed by atoms with van der Waals surface area (Å²) in [7, 11) is 1.61. The molecule has 2 aromatic carbocycles. The van der Waals surface area contributed by atoms with Crippen LogP contribution in [-0.2, 0) is 21.9 Å². The van der Waals surface area contributed by atoms with E-state index >= 15 is 0 Å². The third-order valence-electron chi connectivity index (χ3n) is 4.58. The van der Waals surface area contributed by atoms with Crippen molar-refractivity contribution >= 4 is 23.6 Å². The zero-order valence-electron chi connectivity index (χ0n) is 17.4. The number of nitrogens with zero attached hydrogens (tertiary/aromatic N) is 1. The number of nitrogens with one attached hydrogen (secondary N) is 1. The van der Waals surface area contributed by atoms with Crippen LogP contribution >= 0.6 is 11.8 Å². The van der Waals surface area contributed by atoms with Crippen molar-refractivity contribution in [2.24, 2.45) is 0 Å². The van der Waals surface area contributed by atoms with E-state index < -0.39 is 6.04 Å². The van der Waals surface area contributed by atoms with E-state index in [1.54, 1.807) is 30.7 Å². The summed E-state index contributed by atoms with van der Waals surface area (Å²) >= 11 is 1.73. The maximum absolute atomic E-state index is 13.0. The first-order valence-electron chi connectivity index (χ1n) is 9.87. The molecule has 0 radical (unpaired) electrons. The van der Waals surface area contributed by atoms with Gasteiger partial charge in [-0.25, -0.2) is 0 Å². The number of rotatable bonds is 11. The van der Waals surface area contributed by atoms with Gasteiger partial charge < -0.3 is 15.0 Å². The number of likely N-dealkylation sites (N-methyl/N-ethyl adjacent to an activating group) is 1. The normalized spacial score (nSPS) is 11.6. The zero-order chi connectivity index (χ0) is 21.1. The molecular weight excluding hydrogens is 384 g/mol. The lowest BCUT2D eigenvalue weighted by atomic mass is 10.1. The highest BCUT2D eigenvalue weighted by atomic mass is 32.2. The van der Waals surface area contributed by atoms with Gasteiger partial charge in [-0.2, -0.15) is 11.8 Å². The van der Waals surface area contributed by atoms with Gasteiger partial charge >= 0.3 is 0 Å². The molecule has 5 nitrogen and oxygen atoms in total. The molecule has 2 aromatic rings. The maximum atomic E-state index is 13.0. The molecule has 0 aliphatic carbocycles. The average molecular weight is 415 g/mol. The van der Waals surface area contributed by atoms with E-state index in [0.717, 1.165) is 17.1 Å². The van der Waals surface area contributed by atoms with Crippen LogP contribution in [0.25, 0.3) is 0 Å². The van der Waals surface area contributed by atoms with Gasteiger partial charge in [-0.3, -0.25) is 9.59 Å². The molecule has 2 rings (SSSR count). The Morgan fingerprint density at radius 1 is 1.10 bits per heavy atom. The van der Waals surface area contributed by atoms with E-state index in [2.05, 4.69) is 17.4 Å². The van der Waals surface area contributed by atoms with Crippen molar-refractivity contribution in [3.63, 3.8) is 0 Å². The molecule has 0 heterocycles. The van der Waals surface area contributed by atoms with Crippen molar-refractivity contribution in [2.75, 3.05) is 19.4 Å². The largest absolute Gasteiger partial charge is 0.497 e. The summed E-state index contributed by atoms with van der Waals surface area (Å²) in [6.45, 7) is 4.56. The van der Waals surface area contributed by atoms with Gasteiger partial charge in [-0.1, -0.05) is 42.5 Å². The lowest BCUT2D eigenvalue weighted by Gasteiger charge is -2.29. The summed E-state index contributed by atoms with van der Waals surface area (Å²) in [6.07, 6.45) is 0.394. The summed E-state index contributed by atoms with van der Waals surface area (Å²) in [5.74, 6) is 2.16. The third kappa shape index (κ3) is 7.46. The Labute approximate surface area is 177 Å². The molecule has 0 aliphatic rings. The molecular formula is C23H30N2O3S. The highest BCUT2D eigenvalue weighted by Crippen LogP contribution is 2.18. The Hall–Kier alpha value is -2.47. The molecule has 0 saturated heterocycles. The second-order valence-corrected chi connectivity index (χ2v) is 7.84. The van der Waals surface area contributed by atoms with E-state index in [-0.39, 0.29) is 11.8 Å². The van der Waals surface area contributed by atoms with Crippen LogP contribution in [0.2, 0.25) is 0 Å². The van der Waals surface area contributed by atoms with Crippen molar-refractivity contribution in [1.29, 1.82) is 0 Å². The molecule has 2 amide bonds. The molecule has 0 aromatic heterocycles. The molecule has 29 heavy (non-hydrogen) atoms. The third-order valence-corrected chi connectivity index (χ3v) is 5.61. The molecule has 0 fully saturated rings. The molecule has 156 valence electrons. The van der Waals surface area contributed by atoms with Gasteiger partial charge in [0.2, 0.25) is 11.8 Å². The number of benzene rings is 2. The van der Waals surface area contributed by atoms with Crippen LogP contribution in [0.15, 0.2) is 54.6 Å². The van der Waals surface area contributed by atoms with Gasteiger partial charge in [-0.05, 0) is 37.1 Å². The van der Waals surface area contributed by atoms with Crippen molar-refractivity contribution in [3.8, 4) is 5.75 Å². The van der Waals surface area contributed by atoms with E-state index in [4.69, 9.17) is 4.74 Å². The number of amides is 2. The van der Waals surface area contributed by atoms with Crippen LogP contribution in [0.1, 0.15) is 31.4 Å². The van der Waals surface area contributed by atoms with Crippen LogP contribution in [0.5, 0.6) is 5.75 Å². The van der Waals surface area contributed by atoms with Crippen LogP contribution in [0, 0.1) is 0 Å². The summed E-state index contributed by atoms with van der Waals surface area (Å²) in [4.78, 5) is 27.0. The van der Waals surface area contributed by atoms with Gasteiger partial charge in [0.15, 0.2) is 0 Å². The van der Waals surface area contributed by atoms with Crippen LogP contribution in [-0.4, -0.2) is 42.2 Å². The van der Waals surface area contributed by atoms with E-state index in [0.29, 0.717) is 25.3 Å². The molecule has 1 N–H and O–H groups in total. The highest BCUT2D eigenvalue weighted by Gasteiger charge is 2.25. The van der Waals surface area contributed by atoms with Crippen LogP contribution in [0.4, 0.5) is 0 Å². The Bertz CT molecular complexity index is 783. The van der Waals surface area contributed by atoms with Crippen molar-refractivity contribution in [2.45, 2.75) is 38.6 Å². The average Bonchev–Trinajstić information content (AvgIpc) is 2.75. The van der Waals surface area contributed by atoms with E-state index in [1.807, 2.05) is 49.4 Å². The summed E-state index contributed by atoms with van der Waals surface area (Å²) < 4.78 is 5.28. The fourth-order valence-electron chi connectivity index (χ4n) is 2.94. The minimum Gasteiger partial charge on any atom is -0.497 e. The smallest absolute Gasteiger partial charge is 0.242 e. The highest BCUT2D eigenvalue weighted by molar-refractivity contribution is 7.98. The van der Waals surface area contributed by atoms with Crippen LogP contribution < -0.4 is 10.1 Å². The first-order valence-corrected chi connectivity index (χ1v) is 11.0. The Morgan fingerprint density at radius 2 is 1.83 bits per heavy atom. The molecule has 0 saturated carbocycles. The van der Waals surface area contributed by atoms with Gasteiger partial charge in [0, 0.05) is 31.0 Å². The van der Waals surface area contributed by atoms with E-state index in [1.165, 1.54) is 5.56 Å².